The maximum atomic E-state index is 5.42. The number of nitrogens with one attached hydrogen (secondary N) is 1. The summed E-state index contributed by atoms with van der Waals surface area (Å²) in [6.45, 7) is 2.44. The predicted molar refractivity (Wildman–Crippen MR) is 64.9 cm³/mol. The lowest BCUT2D eigenvalue weighted by Gasteiger charge is -2.09. The van der Waals surface area contributed by atoms with Crippen LogP contribution in [0.4, 0.5) is 0 Å². The van der Waals surface area contributed by atoms with Crippen molar-refractivity contribution in [2.75, 3.05) is 27.3 Å². The molecule has 4 nitrogen and oxygen atoms in total. The second-order valence-corrected chi connectivity index (χ2v) is 3.54. The summed E-state index contributed by atoms with van der Waals surface area (Å²) in [5.74, 6) is 1.63. The molecule has 0 aliphatic carbocycles. The first-order chi connectivity index (χ1) is 7.80. The van der Waals surface area contributed by atoms with E-state index in [0.29, 0.717) is 6.54 Å². The number of nitrogens with two attached hydrogens (primary N) is 1. The minimum atomic E-state index is 0.717. The molecule has 0 aliphatic rings. The van der Waals surface area contributed by atoms with Crippen molar-refractivity contribution in [2.45, 2.75) is 13.0 Å². The highest BCUT2D eigenvalue weighted by Crippen LogP contribution is 2.22. The van der Waals surface area contributed by atoms with Crippen LogP contribution in [0.5, 0.6) is 11.5 Å². The Morgan fingerprint density at radius 2 is 1.75 bits per heavy atom. The van der Waals surface area contributed by atoms with E-state index in [9.17, 15) is 0 Å². The van der Waals surface area contributed by atoms with Crippen LogP contribution in [0.3, 0.4) is 0 Å². The van der Waals surface area contributed by atoms with Crippen molar-refractivity contribution in [1.82, 2.24) is 5.32 Å². The summed E-state index contributed by atoms with van der Waals surface area (Å²) >= 11 is 0. The summed E-state index contributed by atoms with van der Waals surface area (Å²) in [6, 6.07) is 5.86. The first kappa shape index (κ1) is 12.8. The summed E-state index contributed by atoms with van der Waals surface area (Å²) in [7, 11) is 3.31. The largest absolute Gasteiger partial charge is 0.497 e. The predicted octanol–water partition coefficient (Wildman–Crippen LogP) is 1.14. The number of hydrogen-bond acceptors (Lipinski definition) is 4. The Kier molecular flexibility index (Phi) is 5.67. The average Bonchev–Trinajstić information content (AvgIpc) is 2.34. The fourth-order valence-corrected chi connectivity index (χ4v) is 1.43. The smallest absolute Gasteiger partial charge is 0.122 e. The number of rotatable bonds is 7. The quantitative estimate of drug-likeness (QED) is 0.682. The number of ether oxygens (including phenoxy) is 2. The average molecular weight is 224 g/mol. The molecule has 0 atom stereocenters. The molecule has 90 valence electrons. The molecule has 0 unspecified atom stereocenters. The van der Waals surface area contributed by atoms with E-state index >= 15 is 0 Å². The number of benzene rings is 1. The third-order valence-corrected chi connectivity index (χ3v) is 2.30. The van der Waals surface area contributed by atoms with Crippen LogP contribution in [0.2, 0.25) is 0 Å². The molecule has 16 heavy (non-hydrogen) atoms. The van der Waals surface area contributed by atoms with Crippen molar-refractivity contribution >= 4 is 0 Å². The Bertz CT molecular complexity index is 294. The first-order valence-corrected chi connectivity index (χ1v) is 5.43. The maximum Gasteiger partial charge on any atom is 0.122 e. The summed E-state index contributed by atoms with van der Waals surface area (Å²) < 4.78 is 10.4. The minimum Gasteiger partial charge on any atom is -0.497 e. The van der Waals surface area contributed by atoms with Crippen molar-refractivity contribution in [3.8, 4) is 11.5 Å². The zero-order valence-electron chi connectivity index (χ0n) is 9.95. The van der Waals surface area contributed by atoms with Crippen LogP contribution < -0.4 is 20.5 Å². The Morgan fingerprint density at radius 3 is 2.25 bits per heavy atom. The van der Waals surface area contributed by atoms with Gasteiger partial charge in [0.25, 0.3) is 0 Å². The van der Waals surface area contributed by atoms with E-state index in [1.54, 1.807) is 14.2 Å². The second-order valence-electron chi connectivity index (χ2n) is 3.54. The highest BCUT2D eigenvalue weighted by molar-refractivity contribution is 5.38. The van der Waals surface area contributed by atoms with Crippen LogP contribution in [0.1, 0.15) is 12.0 Å². The van der Waals surface area contributed by atoms with Gasteiger partial charge in [-0.05, 0) is 37.2 Å². The molecule has 0 saturated carbocycles. The second kappa shape index (κ2) is 7.09. The van der Waals surface area contributed by atoms with Crippen molar-refractivity contribution in [3.05, 3.63) is 23.8 Å². The van der Waals surface area contributed by atoms with Gasteiger partial charge in [0, 0.05) is 12.6 Å². The zero-order chi connectivity index (χ0) is 11.8. The van der Waals surface area contributed by atoms with Gasteiger partial charge in [0.2, 0.25) is 0 Å². The van der Waals surface area contributed by atoms with Crippen molar-refractivity contribution in [3.63, 3.8) is 0 Å². The van der Waals surface area contributed by atoms with Crippen molar-refractivity contribution in [2.24, 2.45) is 5.73 Å². The molecule has 0 saturated heterocycles. The number of hydrogen-bond donors (Lipinski definition) is 2. The van der Waals surface area contributed by atoms with Gasteiger partial charge >= 0.3 is 0 Å². The van der Waals surface area contributed by atoms with Crippen molar-refractivity contribution < 1.29 is 9.47 Å². The molecule has 0 fully saturated rings. The topological polar surface area (TPSA) is 56.5 Å². The summed E-state index contributed by atoms with van der Waals surface area (Å²) in [5, 5.41) is 3.31. The summed E-state index contributed by atoms with van der Waals surface area (Å²) in [6.07, 6.45) is 0.987. The summed E-state index contributed by atoms with van der Waals surface area (Å²) in [5.41, 5.74) is 6.57. The van der Waals surface area contributed by atoms with E-state index in [4.69, 9.17) is 15.2 Å². The van der Waals surface area contributed by atoms with Gasteiger partial charge in [-0.1, -0.05) is 0 Å². The lowest BCUT2D eigenvalue weighted by atomic mass is 10.2. The standard InChI is InChI=1S/C12H20N2O2/c1-15-11-6-10(7-12(8-11)16-2)9-14-5-3-4-13/h6-8,14H,3-5,9,13H2,1-2H3. The van der Waals surface area contributed by atoms with Crippen LogP contribution in [0.15, 0.2) is 18.2 Å². The molecule has 0 heterocycles. The first-order valence-electron chi connectivity index (χ1n) is 5.43. The van der Waals surface area contributed by atoms with E-state index in [-0.39, 0.29) is 0 Å². The summed E-state index contributed by atoms with van der Waals surface area (Å²) in [4.78, 5) is 0. The van der Waals surface area contributed by atoms with E-state index in [1.165, 1.54) is 0 Å². The fourth-order valence-electron chi connectivity index (χ4n) is 1.43. The molecule has 0 aliphatic heterocycles. The van der Waals surface area contributed by atoms with Crippen molar-refractivity contribution in [1.29, 1.82) is 0 Å². The molecule has 0 spiro atoms. The van der Waals surface area contributed by atoms with Crippen LogP contribution in [0.25, 0.3) is 0 Å². The van der Waals surface area contributed by atoms with Gasteiger partial charge in [0.05, 0.1) is 14.2 Å². The highest BCUT2D eigenvalue weighted by atomic mass is 16.5. The monoisotopic (exact) mass is 224 g/mol. The van der Waals surface area contributed by atoms with Gasteiger partial charge < -0.3 is 20.5 Å². The molecule has 1 rings (SSSR count). The third-order valence-electron chi connectivity index (χ3n) is 2.30. The third kappa shape index (κ3) is 4.08. The number of methoxy groups -OCH3 is 2. The molecular formula is C12H20N2O2. The van der Waals surface area contributed by atoms with E-state index in [1.807, 2.05) is 18.2 Å². The molecule has 0 aromatic heterocycles. The van der Waals surface area contributed by atoms with Crippen LogP contribution in [-0.2, 0) is 6.54 Å². The van der Waals surface area contributed by atoms with E-state index in [0.717, 1.165) is 36.6 Å². The minimum absolute atomic E-state index is 0.717. The highest BCUT2D eigenvalue weighted by Gasteiger charge is 2.01. The van der Waals surface area contributed by atoms with Gasteiger partial charge in [-0.15, -0.1) is 0 Å². The van der Waals surface area contributed by atoms with E-state index < -0.39 is 0 Å². The van der Waals surface area contributed by atoms with Crippen LogP contribution >= 0.6 is 0 Å². The SMILES string of the molecule is COc1cc(CNCCCN)cc(OC)c1. The molecule has 1 aromatic rings. The Balaban J connectivity index is 2.57. The maximum absolute atomic E-state index is 5.42. The van der Waals surface area contributed by atoms with Crippen LogP contribution in [0, 0.1) is 0 Å². The fraction of sp³-hybridized carbons (Fsp3) is 0.500. The Morgan fingerprint density at radius 1 is 1.12 bits per heavy atom. The lowest BCUT2D eigenvalue weighted by molar-refractivity contribution is 0.393. The Hall–Kier alpha value is -1.26. The molecule has 4 heteroatoms. The van der Waals surface area contributed by atoms with E-state index in [2.05, 4.69) is 5.32 Å². The van der Waals surface area contributed by atoms with Gasteiger partial charge in [0.15, 0.2) is 0 Å². The Labute approximate surface area is 96.7 Å². The van der Waals surface area contributed by atoms with Gasteiger partial charge in [-0.25, -0.2) is 0 Å². The molecule has 0 amide bonds. The molecule has 1 aromatic carbocycles. The normalized spacial score (nSPS) is 10.2. The lowest BCUT2D eigenvalue weighted by Crippen LogP contribution is -2.17. The molecule has 3 N–H and O–H groups in total. The van der Waals surface area contributed by atoms with Gasteiger partial charge in [-0.2, -0.15) is 0 Å². The zero-order valence-corrected chi connectivity index (χ0v) is 9.95. The molecular weight excluding hydrogens is 204 g/mol. The molecule has 0 radical (unpaired) electrons. The van der Waals surface area contributed by atoms with Gasteiger partial charge in [-0.3, -0.25) is 0 Å². The van der Waals surface area contributed by atoms with Gasteiger partial charge in [0.1, 0.15) is 11.5 Å². The van der Waals surface area contributed by atoms with Crippen LogP contribution in [-0.4, -0.2) is 27.3 Å². The molecule has 0 bridgehead atoms.